The lowest BCUT2D eigenvalue weighted by Gasteiger charge is -2.34. The van der Waals surface area contributed by atoms with Gasteiger partial charge in [-0.15, -0.1) is 0 Å². The number of halogens is 3. The van der Waals surface area contributed by atoms with Crippen LogP contribution in [0.1, 0.15) is 30.4 Å². The van der Waals surface area contributed by atoms with Crippen LogP contribution in [0.25, 0.3) is 0 Å². The first-order chi connectivity index (χ1) is 13.8. The molecule has 0 aromatic heterocycles. The maximum atomic E-state index is 12.1. The number of rotatable bonds is 7. The standard InChI is InChI=1S/C20H29F3N4O2/c1-24-18(28)11-15-7-9-27(10-8-15)19(25-2)26-12-16-3-5-17(6-4-16)13-29-14-20(21,22)23/h3-6,15H,7-14H2,1-2H3,(H,24,28)(H,25,26). The number of ether oxygens (including phenoxy) is 1. The average Bonchev–Trinajstić information content (AvgIpc) is 2.69. The molecule has 1 aliphatic heterocycles. The van der Waals surface area contributed by atoms with Gasteiger partial charge in [0.2, 0.25) is 5.91 Å². The van der Waals surface area contributed by atoms with Crippen LogP contribution in [0, 0.1) is 5.92 Å². The molecule has 1 amide bonds. The number of alkyl halides is 3. The summed E-state index contributed by atoms with van der Waals surface area (Å²) in [6, 6.07) is 7.26. The first kappa shape index (κ1) is 23.0. The van der Waals surface area contributed by atoms with Crippen LogP contribution in [-0.4, -0.2) is 56.7 Å². The van der Waals surface area contributed by atoms with Crippen LogP contribution in [0.4, 0.5) is 13.2 Å². The molecule has 1 aromatic rings. The molecule has 1 heterocycles. The van der Waals surface area contributed by atoms with Gasteiger partial charge in [-0.1, -0.05) is 24.3 Å². The van der Waals surface area contributed by atoms with Crippen LogP contribution in [0.15, 0.2) is 29.3 Å². The van der Waals surface area contributed by atoms with Gasteiger partial charge in [0.25, 0.3) is 0 Å². The predicted molar refractivity (Wildman–Crippen MR) is 105 cm³/mol. The van der Waals surface area contributed by atoms with Gasteiger partial charge in [-0.25, -0.2) is 0 Å². The van der Waals surface area contributed by atoms with Crippen LogP contribution in [0.5, 0.6) is 0 Å². The van der Waals surface area contributed by atoms with Gasteiger partial charge in [-0.2, -0.15) is 13.2 Å². The number of aliphatic imine (C=N–C) groups is 1. The molecule has 0 aliphatic carbocycles. The lowest BCUT2D eigenvalue weighted by atomic mass is 9.93. The summed E-state index contributed by atoms with van der Waals surface area (Å²) < 4.78 is 41.0. The lowest BCUT2D eigenvalue weighted by Crippen LogP contribution is -2.45. The van der Waals surface area contributed by atoms with Gasteiger partial charge in [0.1, 0.15) is 6.61 Å². The summed E-state index contributed by atoms with van der Waals surface area (Å²) in [6.07, 6.45) is -1.85. The Kier molecular flexibility index (Phi) is 8.75. The second kappa shape index (κ2) is 11.0. The van der Waals surface area contributed by atoms with Crippen molar-refractivity contribution < 1.29 is 22.7 Å². The molecule has 9 heteroatoms. The van der Waals surface area contributed by atoms with Gasteiger partial charge in [-0.3, -0.25) is 9.79 Å². The van der Waals surface area contributed by atoms with E-state index in [0.29, 0.717) is 24.4 Å². The smallest absolute Gasteiger partial charge is 0.367 e. The number of benzene rings is 1. The maximum absolute atomic E-state index is 12.1. The highest BCUT2D eigenvalue weighted by molar-refractivity contribution is 5.80. The Morgan fingerprint density at radius 3 is 2.38 bits per heavy atom. The highest BCUT2D eigenvalue weighted by Crippen LogP contribution is 2.20. The van der Waals surface area contributed by atoms with Crippen molar-refractivity contribution in [1.82, 2.24) is 15.5 Å². The van der Waals surface area contributed by atoms with E-state index < -0.39 is 12.8 Å². The van der Waals surface area contributed by atoms with E-state index in [-0.39, 0.29) is 12.5 Å². The quantitative estimate of drug-likeness (QED) is 0.532. The van der Waals surface area contributed by atoms with Gasteiger partial charge in [-0.05, 0) is 29.9 Å². The Morgan fingerprint density at radius 1 is 1.21 bits per heavy atom. The van der Waals surface area contributed by atoms with Gasteiger partial charge in [0.15, 0.2) is 5.96 Å². The number of nitrogens with zero attached hydrogens (tertiary/aromatic N) is 2. The monoisotopic (exact) mass is 414 g/mol. The zero-order valence-corrected chi connectivity index (χ0v) is 16.9. The van der Waals surface area contributed by atoms with E-state index in [1.54, 1.807) is 26.2 Å². The third-order valence-electron chi connectivity index (χ3n) is 4.89. The Hall–Kier alpha value is -2.29. The maximum Gasteiger partial charge on any atom is 0.411 e. The molecule has 0 unspecified atom stereocenters. The summed E-state index contributed by atoms with van der Waals surface area (Å²) in [6.45, 7) is 0.939. The number of hydrogen-bond acceptors (Lipinski definition) is 3. The minimum absolute atomic E-state index is 0.0696. The number of carbonyl (C=O) groups excluding carboxylic acids is 1. The average molecular weight is 414 g/mol. The molecule has 0 atom stereocenters. The SMILES string of the molecule is CN=C(NCc1ccc(COCC(F)(F)F)cc1)N1CCC(CC(=O)NC)CC1. The third-order valence-corrected chi connectivity index (χ3v) is 4.89. The van der Waals surface area contributed by atoms with E-state index in [1.807, 2.05) is 12.1 Å². The Balaban J connectivity index is 1.76. The van der Waals surface area contributed by atoms with E-state index in [0.717, 1.165) is 37.5 Å². The summed E-state index contributed by atoms with van der Waals surface area (Å²) in [5, 5.41) is 5.99. The number of guanidine groups is 1. The highest BCUT2D eigenvalue weighted by atomic mass is 19.4. The summed E-state index contributed by atoms with van der Waals surface area (Å²) in [7, 11) is 3.39. The molecule has 1 aromatic carbocycles. The second-order valence-corrected chi connectivity index (χ2v) is 7.13. The van der Waals surface area contributed by atoms with Crippen LogP contribution in [-0.2, 0) is 22.7 Å². The molecule has 1 aliphatic rings. The van der Waals surface area contributed by atoms with Crippen molar-refractivity contribution in [2.24, 2.45) is 10.9 Å². The highest BCUT2D eigenvalue weighted by Gasteiger charge is 2.27. The fourth-order valence-electron chi connectivity index (χ4n) is 3.26. The lowest BCUT2D eigenvalue weighted by molar-refractivity contribution is -0.176. The Labute approximate surface area is 169 Å². The summed E-state index contributed by atoms with van der Waals surface area (Å²) in [5.74, 6) is 1.29. The van der Waals surface area contributed by atoms with E-state index >= 15 is 0 Å². The zero-order chi connectivity index (χ0) is 21.3. The normalized spacial score (nSPS) is 16.0. The minimum Gasteiger partial charge on any atom is -0.367 e. The molecule has 1 saturated heterocycles. The van der Waals surface area contributed by atoms with Crippen molar-refractivity contribution in [2.75, 3.05) is 33.8 Å². The number of hydrogen-bond donors (Lipinski definition) is 2. The number of amides is 1. The van der Waals surface area contributed by atoms with Crippen LogP contribution >= 0.6 is 0 Å². The molecule has 0 radical (unpaired) electrons. The van der Waals surface area contributed by atoms with Gasteiger partial charge in [0.05, 0.1) is 6.61 Å². The first-order valence-electron chi connectivity index (χ1n) is 9.69. The van der Waals surface area contributed by atoms with Gasteiger partial charge < -0.3 is 20.3 Å². The molecule has 6 nitrogen and oxygen atoms in total. The largest absolute Gasteiger partial charge is 0.411 e. The van der Waals surface area contributed by atoms with E-state index in [9.17, 15) is 18.0 Å². The molecule has 162 valence electrons. The second-order valence-electron chi connectivity index (χ2n) is 7.13. The fraction of sp³-hybridized carbons (Fsp3) is 0.600. The minimum atomic E-state index is -4.31. The van der Waals surface area contributed by atoms with Crippen LogP contribution in [0.2, 0.25) is 0 Å². The van der Waals surface area contributed by atoms with Crippen molar-refractivity contribution in [3.63, 3.8) is 0 Å². The number of nitrogens with one attached hydrogen (secondary N) is 2. The molecule has 2 rings (SSSR count). The number of carbonyl (C=O) groups is 1. The molecule has 29 heavy (non-hydrogen) atoms. The topological polar surface area (TPSA) is 66.0 Å². The van der Waals surface area contributed by atoms with E-state index in [2.05, 4.69) is 25.3 Å². The Morgan fingerprint density at radius 2 is 1.83 bits per heavy atom. The van der Waals surface area contributed by atoms with Gasteiger partial charge >= 0.3 is 6.18 Å². The summed E-state index contributed by atoms with van der Waals surface area (Å²) >= 11 is 0. The fourth-order valence-corrected chi connectivity index (χ4v) is 3.26. The van der Waals surface area contributed by atoms with Crippen molar-refractivity contribution in [2.45, 2.75) is 38.6 Å². The molecule has 0 bridgehead atoms. The molecular formula is C20H29F3N4O2. The Bertz CT molecular complexity index is 669. The predicted octanol–water partition coefficient (Wildman–Crippen LogP) is 2.69. The van der Waals surface area contributed by atoms with Crippen LogP contribution in [0.3, 0.4) is 0 Å². The van der Waals surface area contributed by atoms with Crippen molar-refractivity contribution in [3.8, 4) is 0 Å². The molecule has 0 spiro atoms. The van der Waals surface area contributed by atoms with Crippen LogP contribution < -0.4 is 10.6 Å². The van der Waals surface area contributed by atoms with Crippen molar-refractivity contribution in [1.29, 1.82) is 0 Å². The zero-order valence-electron chi connectivity index (χ0n) is 16.9. The van der Waals surface area contributed by atoms with Crippen molar-refractivity contribution in [3.05, 3.63) is 35.4 Å². The molecule has 2 N–H and O–H groups in total. The van der Waals surface area contributed by atoms with E-state index in [1.165, 1.54) is 0 Å². The van der Waals surface area contributed by atoms with E-state index in [4.69, 9.17) is 0 Å². The third kappa shape index (κ3) is 8.31. The molecule has 1 fully saturated rings. The first-order valence-corrected chi connectivity index (χ1v) is 9.69. The van der Waals surface area contributed by atoms with Crippen molar-refractivity contribution >= 4 is 11.9 Å². The molecule has 0 saturated carbocycles. The summed E-state index contributed by atoms with van der Waals surface area (Å²) in [5.41, 5.74) is 1.70. The number of likely N-dealkylation sites (tertiary alicyclic amines) is 1. The summed E-state index contributed by atoms with van der Waals surface area (Å²) in [4.78, 5) is 18.0. The van der Waals surface area contributed by atoms with Gasteiger partial charge in [0, 0.05) is 40.2 Å². The number of piperidine rings is 1. The molecular weight excluding hydrogens is 385 g/mol.